The molecule has 4 heteroatoms. The fourth-order valence-corrected chi connectivity index (χ4v) is 2.97. The Morgan fingerprint density at radius 2 is 2.25 bits per heavy atom. The van der Waals surface area contributed by atoms with Crippen molar-refractivity contribution in [3.8, 4) is 0 Å². The number of halogens is 1. The van der Waals surface area contributed by atoms with Gasteiger partial charge in [0.05, 0.1) is 3.79 Å². The largest absolute Gasteiger partial charge is 0.315 e. The molecule has 2 nitrogen and oxygen atoms in total. The fraction of sp³-hybridized carbons (Fsp3) is 0.667. The third-order valence-corrected chi connectivity index (χ3v) is 4.33. The lowest BCUT2D eigenvalue weighted by Gasteiger charge is -2.27. The molecule has 1 heterocycles. The molecule has 16 heavy (non-hydrogen) atoms. The predicted molar refractivity (Wildman–Crippen MR) is 76.1 cm³/mol. The molecule has 0 spiro atoms. The van der Waals surface area contributed by atoms with E-state index in [2.05, 4.69) is 58.5 Å². The van der Waals surface area contributed by atoms with Gasteiger partial charge in [-0.05, 0) is 53.0 Å². The Balaban J connectivity index is 2.45. The van der Waals surface area contributed by atoms with Crippen LogP contribution in [0.2, 0.25) is 0 Å². The minimum absolute atomic E-state index is 0.624. The van der Waals surface area contributed by atoms with Gasteiger partial charge in [0.1, 0.15) is 0 Å². The number of nitrogens with one attached hydrogen (secondary N) is 1. The molecule has 1 atom stereocenters. The van der Waals surface area contributed by atoms with Crippen molar-refractivity contribution in [2.75, 3.05) is 20.1 Å². The lowest BCUT2D eigenvalue weighted by Crippen LogP contribution is -2.39. The maximum absolute atomic E-state index is 3.51. The van der Waals surface area contributed by atoms with Crippen molar-refractivity contribution < 1.29 is 0 Å². The number of hydrogen-bond donors (Lipinski definition) is 1. The van der Waals surface area contributed by atoms with Crippen LogP contribution in [0.15, 0.2) is 15.2 Å². The summed E-state index contributed by atoms with van der Waals surface area (Å²) in [7, 11) is 2.21. The summed E-state index contributed by atoms with van der Waals surface area (Å²) in [5.74, 6) is 0. The van der Waals surface area contributed by atoms with Crippen LogP contribution in [0.4, 0.5) is 0 Å². The summed E-state index contributed by atoms with van der Waals surface area (Å²) < 4.78 is 1.22. The lowest BCUT2D eigenvalue weighted by molar-refractivity contribution is 0.222. The fourth-order valence-electron chi connectivity index (χ4n) is 1.77. The molecule has 0 aromatic carbocycles. The van der Waals surface area contributed by atoms with Crippen molar-refractivity contribution in [1.82, 2.24) is 10.2 Å². The first-order valence-electron chi connectivity index (χ1n) is 5.81. The summed E-state index contributed by atoms with van der Waals surface area (Å²) >= 11 is 5.26. The van der Waals surface area contributed by atoms with Crippen molar-refractivity contribution in [3.63, 3.8) is 0 Å². The van der Waals surface area contributed by atoms with Crippen LogP contribution >= 0.6 is 27.3 Å². The van der Waals surface area contributed by atoms with Gasteiger partial charge in [-0.15, -0.1) is 11.3 Å². The van der Waals surface area contributed by atoms with Crippen LogP contribution in [-0.2, 0) is 6.54 Å². The molecule has 0 aliphatic carbocycles. The summed E-state index contributed by atoms with van der Waals surface area (Å²) in [6.45, 7) is 7.57. The van der Waals surface area contributed by atoms with Gasteiger partial charge >= 0.3 is 0 Å². The van der Waals surface area contributed by atoms with E-state index in [9.17, 15) is 0 Å². The molecule has 0 radical (unpaired) electrons. The standard InChI is InChI=1S/C12H21BrN2S/c1-4-11(7-14-5-2)15(3)8-10-6-12(13)16-9-10/h6,9,11,14H,4-5,7-8H2,1-3H3. The minimum atomic E-state index is 0.624. The van der Waals surface area contributed by atoms with Crippen molar-refractivity contribution >= 4 is 27.3 Å². The van der Waals surface area contributed by atoms with Crippen LogP contribution < -0.4 is 5.32 Å². The first-order chi connectivity index (χ1) is 7.67. The summed E-state index contributed by atoms with van der Waals surface area (Å²) in [5.41, 5.74) is 1.40. The molecule has 1 aromatic rings. The third-order valence-electron chi connectivity index (χ3n) is 2.78. The molecule has 0 saturated heterocycles. The van der Waals surface area contributed by atoms with Crippen LogP contribution in [0.25, 0.3) is 0 Å². The van der Waals surface area contributed by atoms with Gasteiger partial charge < -0.3 is 5.32 Å². The molecular weight excluding hydrogens is 284 g/mol. The number of nitrogens with zero attached hydrogens (tertiary/aromatic N) is 1. The first kappa shape index (κ1) is 14.2. The molecule has 1 aromatic heterocycles. The van der Waals surface area contributed by atoms with E-state index in [1.54, 1.807) is 11.3 Å². The average Bonchev–Trinajstić information content (AvgIpc) is 2.65. The normalized spacial score (nSPS) is 13.3. The van der Waals surface area contributed by atoms with Crippen LogP contribution in [0.3, 0.4) is 0 Å². The maximum atomic E-state index is 3.51. The second-order valence-corrected chi connectivity index (χ2v) is 6.33. The molecule has 0 saturated carbocycles. The summed E-state index contributed by atoms with van der Waals surface area (Å²) in [4.78, 5) is 2.43. The predicted octanol–water partition coefficient (Wildman–Crippen LogP) is 3.33. The van der Waals surface area contributed by atoms with Crippen LogP contribution in [-0.4, -0.2) is 31.1 Å². The molecule has 0 aliphatic rings. The summed E-state index contributed by atoms with van der Waals surface area (Å²) in [5, 5.41) is 5.65. The average molecular weight is 305 g/mol. The van der Waals surface area contributed by atoms with Gasteiger partial charge in [-0.1, -0.05) is 13.8 Å². The van der Waals surface area contributed by atoms with E-state index in [1.807, 2.05) is 0 Å². The Hall–Kier alpha value is 0.100. The number of likely N-dealkylation sites (N-methyl/N-ethyl adjacent to an activating group) is 2. The number of rotatable bonds is 7. The Kier molecular flexibility index (Phi) is 6.58. The number of hydrogen-bond acceptors (Lipinski definition) is 3. The van der Waals surface area contributed by atoms with Gasteiger partial charge in [0.2, 0.25) is 0 Å². The Bertz CT molecular complexity index is 301. The van der Waals surface area contributed by atoms with E-state index < -0.39 is 0 Å². The summed E-state index contributed by atoms with van der Waals surface area (Å²) in [6.07, 6.45) is 1.19. The SMILES string of the molecule is CCNCC(CC)N(C)Cc1csc(Br)c1. The van der Waals surface area contributed by atoms with Crippen LogP contribution in [0, 0.1) is 0 Å². The van der Waals surface area contributed by atoms with E-state index in [1.165, 1.54) is 15.8 Å². The monoisotopic (exact) mass is 304 g/mol. The molecule has 0 aliphatic heterocycles. The Morgan fingerprint density at radius 1 is 1.50 bits per heavy atom. The van der Waals surface area contributed by atoms with E-state index >= 15 is 0 Å². The van der Waals surface area contributed by atoms with Gasteiger partial charge in [-0.2, -0.15) is 0 Å². The first-order valence-corrected chi connectivity index (χ1v) is 7.48. The van der Waals surface area contributed by atoms with Crippen molar-refractivity contribution in [2.24, 2.45) is 0 Å². The lowest BCUT2D eigenvalue weighted by atomic mass is 10.2. The number of thiophene rings is 1. The van der Waals surface area contributed by atoms with Gasteiger partial charge in [-0.3, -0.25) is 4.90 Å². The molecule has 1 unspecified atom stereocenters. The topological polar surface area (TPSA) is 15.3 Å². The van der Waals surface area contributed by atoms with Crippen LogP contribution in [0.5, 0.6) is 0 Å². The van der Waals surface area contributed by atoms with E-state index in [0.29, 0.717) is 6.04 Å². The van der Waals surface area contributed by atoms with E-state index in [4.69, 9.17) is 0 Å². The van der Waals surface area contributed by atoms with Crippen molar-refractivity contribution in [3.05, 3.63) is 20.8 Å². The molecule has 92 valence electrons. The zero-order valence-corrected chi connectivity index (χ0v) is 12.7. The van der Waals surface area contributed by atoms with E-state index in [-0.39, 0.29) is 0 Å². The molecule has 1 N–H and O–H groups in total. The molecule has 0 fully saturated rings. The minimum Gasteiger partial charge on any atom is -0.315 e. The molecule has 1 rings (SSSR count). The summed E-state index contributed by atoms with van der Waals surface area (Å²) in [6, 6.07) is 2.83. The highest BCUT2D eigenvalue weighted by Gasteiger charge is 2.12. The highest BCUT2D eigenvalue weighted by molar-refractivity contribution is 9.11. The Morgan fingerprint density at radius 3 is 2.75 bits per heavy atom. The van der Waals surface area contributed by atoms with Gasteiger partial charge in [0, 0.05) is 19.1 Å². The molecule has 0 amide bonds. The zero-order valence-electron chi connectivity index (χ0n) is 10.3. The second-order valence-electron chi connectivity index (χ2n) is 4.04. The maximum Gasteiger partial charge on any atom is 0.0701 e. The second kappa shape index (κ2) is 7.43. The molecule has 0 bridgehead atoms. The highest BCUT2D eigenvalue weighted by atomic mass is 79.9. The van der Waals surface area contributed by atoms with Crippen molar-refractivity contribution in [1.29, 1.82) is 0 Å². The van der Waals surface area contributed by atoms with E-state index in [0.717, 1.165) is 19.6 Å². The smallest absolute Gasteiger partial charge is 0.0701 e. The third kappa shape index (κ3) is 4.53. The van der Waals surface area contributed by atoms with Gasteiger partial charge in [0.15, 0.2) is 0 Å². The van der Waals surface area contributed by atoms with Gasteiger partial charge in [-0.25, -0.2) is 0 Å². The Labute approximate surface area is 111 Å². The van der Waals surface area contributed by atoms with Crippen LogP contribution in [0.1, 0.15) is 25.8 Å². The van der Waals surface area contributed by atoms with Gasteiger partial charge in [0.25, 0.3) is 0 Å². The highest BCUT2D eigenvalue weighted by Crippen LogP contribution is 2.22. The molecular formula is C12H21BrN2S. The quantitative estimate of drug-likeness (QED) is 0.831. The van der Waals surface area contributed by atoms with Crippen molar-refractivity contribution in [2.45, 2.75) is 32.9 Å². The zero-order chi connectivity index (χ0) is 12.0.